The van der Waals surface area contributed by atoms with E-state index in [1.807, 2.05) is 6.20 Å². The van der Waals surface area contributed by atoms with Crippen LogP contribution in [0.15, 0.2) is 48.9 Å². The second kappa shape index (κ2) is 8.63. The Labute approximate surface area is 188 Å². The number of rotatable bonds is 5. The van der Waals surface area contributed by atoms with Crippen LogP contribution in [0, 0.1) is 13.8 Å². The van der Waals surface area contributed by atoms with Crippen LogP contribution < -0.4 is 14.8 Å². The molecule has 4 aromatic rings. The molecule has 1 aliphatic heterocycles. The number of aromatic nitrogens is 3. The quantitative estimate of drug-likeness (QED) is 0.466. The second-order valence-electron chi connectivity index (χ2n) is 8.43. The van der Waals surface area contributed by atoms with Crippen LogP contribution in [0.3, 0.4) is 0 Å². The van der Waals surface area contributed by atoms with Gasteiger partial charge in [-0.05, 0) is 79.8 Å². The number of H-pyrrole nitrogens is 1. The molecule has 0 unspecified atom stereocenters. The van der Waals surface area contributed by atoms with Gasteiger partial charge in [-0.1, -0.05) is 6.07 Å². The van der Waals surface area contributed by atoms with Gasteiger partial charge in [0, 0.05) is 29.2 Å². The molecule has 1 saturated heterocycles. The summed E-state index contributed by atoms with van der Waals surface area (Å²) >= 11 is 0. The molecule has 5 rings (SSSR count). The molecule has 0 spiro atoms. The normalized spacial score (nSPS) is 16.3. The highest BCUT2D eigenvalue weighted by molar-refractivity contribution is 5.97. The van der Waals surface area contributed by atoms with Crippen LogP contribution in [-0.2, 0) is 0 Å². The first kappa shape index (κ1) is 20.5. The van der Waals surface area contributed by atoms with E-state index in [-0.39, 0.29) is 6.10 Å². The summed E-state index contributed by atoms with van der Waals surface area (Å²) in [6.45, 7) is 6.07. The number of benzene rings is 2. The molecule has 1 atom stereocenters. The van der Waals surface area contributed by atoms with E-state index in [0.717, 1.165) is 70.5 Å². The Hall–Kier alpha value is -3.38. The van der Waals surface area contributed by atoms with E-state index in [0.29, 0.717) is 5.88 Å². The van der Waals surface area contributed by atoms with Crippen molar-refractivity contribution in [1.82, 2.24) is 20.3 Å². The Kier molecular flexibility index (Phi) is 5.53. The molecule has 0 bridgehead atoms. The van der Waals surface area contributed by atoms with E-state index in [1.165, 1.54) is 5.56 Å². The molecule has 32 heavy (non-hydrogen) atoms. The van der Waals surface area contributed by atoms with Crippen molar-refractivity contribution in [2.75, 3.05) is 20.2 Å². The van der Waals surface area contributed by atoms with Crippen molar-refractivity contribution in [3.63, 3.8) is 0 Å². The van der Waals surface area contributed by atoms with Crippen LogP contribution in [0.1, 0.15) is 24.0 Å². The lowest BCUT2D eigenvalue weighted by atomic mass is 9.98. The predicted octanol–water partition coefficient (Wildman–Crippen LogP) is 5.05. The van der Waals surface area contributed by atoms with Crippen molar-refractivity contribution in [2.45, 2.75) is 32.8 Å². The van der Waals surface area contributed by atoms with Crippen molar-refractivity contribution >= 4 is 10.9 Å². The third-order valence-electron chi connectivity index (χ3n) is 6.11. The van der Waals surface area contributed by atoms with Gasteiger partial charge in [-0.2, -0.15) is 0 Å². The van der Waals surface area contributed by atoms with Gasteiger partial charge in [0.1, 0.15) is 11.9 Å². The number of hydrogen-bond acceptors (Lipinski definition) is 5. The maximum atomic E-state index is 6.09. The number of hydrogen-bond donors (Lipinski definition) is 2. The maximum Gasteiger partial charge on any atom is 0.233 e. The van der Waals surface area contributed by atoms with Crippen LogP contribution in [0.4, 0.5) is 0 Å². The molecule has 0 radical (unpaired) electrons. The summed E-state index contributed by atoms with van der Waals surface area (Å²) < 4.78 is 11.6. The number of fused-ring (bicyclic) bond motifs is 1. The standard InChI is InChI=1S/C26H28N4O2/c1-16-9-19(10-17(2)26(16)31-3)18-6-7-23-21(11-18)22(13-29-23)24-14-28-15-25(30-24)32-20-5-4-8-27-12-20/h6-7,9-11,13-15,20,27,29H,4-5,8,12H2,1-3H3/t20-/m1/s1. The number of nitrogens with zero attached hydrogens (tertiary/aromatic N) is 2. The van der Waals surface area contributed by atoms with Crippen molar-refractivity contribution in [2.24, 2.45) is 0 Å². The number of aryl methyl sites for hydroxylation is 2. The SMILES string of the molecule is COc1c(C)cc(-c2ccc3[nH]cc(-c4cncc(O[C@@H]5CCCNC5)n4)c3c2)cc1C. The number of ether oxygens (including phenoxy) is 2. The van der Waals surface area contributed by atoms with E-state index < -0.39 is 0 Å². The van der Waals surface area contributed by atoms with E-state index in [9.17, 15) is 0 Å². The molecule has 1 aliphatic rings. The highest BCUT2D eigenvalue weighted by Crippen LogP contribution is 2.34. The van der Waals surface area contributed by atoms with Gasteiger partial charge in [0.15, 0.2) is 0 Å². The van der Waals surface area contributed by atoms with Gasteiger partial charge in [-0.25, -0.2) is 4.98 Å². The highest BCUT2D eigenvalue weighted by Gasteiger charge is 2.17. The molecule has 0 saturated carbocycles. The molecule has 1 fully saturated rings. The third-order valence-corrected chi connectivity index (χ3v) is 6.11. The molecular formula is C26H28N4O2. The van der Waals surface area contributed by atoms with Gasteiger partial charge in [0.2, 0.25) is 5.88 Å². The summed E-state index contributed by atoms with van der Waals surface area (Å²) in [6.07, 6.45) is 7.78. The van der Waals surface area contributed by atoms with Crippen LogP contribution >= 0.6 is 0 Å². The van der Waals surface area contributed by atoms with Crippen molar-refractivity contribution < 1.29 is 9.47 Å². The summed E-state index contributed by atoms with van der Waals surface area (Å²) in [5.74, 6) is 1.51. The Morgan fingerprint density at radius 2 is 1.88 bits per heavy atom. The fourth-order valence-electron chi connectivity index (χ4n) is 4.58. The van der Waals surface area contributed by atoms with E-state index in [4.69, 9.17) is 14.5 Å². The monoisotopic (exact) mass is 428 g/mol. The molecule has 6 nitrogen and oxygen atoms in total. The number of methoxy groups -OCH3 is 1. The highest BCUT2D eigenvalue weighted by atomic mass is 16.5. The lowest BCUT2D eigenvalue weighted by molar-refractivity contribution is 0.160. The van der Waals surface area contributed by atoms with Gasteiger partial charge < -0.3 is 19.8 Å². The minimum Gasteiger partial charge on any atom is -0.496 e. The Morgan fingerprint density at radius 3 is 2.62 bits per heavy atom. The van der Waals surface area contributed by atoms with Crippen molar-refractivity contribution in [3.8, 4) is 34.0 Å². The van der Waals surface area contributed by atoms with Crippen LogP contribution in [0.5, 0.6) is 11.6 Å². The maximum absolute atomic E-state index is 6.09. The number of aromatic amines is 1. The number of nitrogens with one attached hydrogen (secondary N) is 2. The average Bonchev–Trinajstić information content (AvgIpc) is 3.23. The van der Waals surface area contributed by atoms with Crippen LogP contribution in [0.25, 0.3) is 33.3 Å². The largest absolute Gasteiger partial charge is 0.496 e. The summed E-state index contributed by atoms with van der Waals surface area (Å²) in [4.78, 5) is 12.5. The number of piperidine rings is 1. The van der Waals surface area contributed by atoms with Gasteiger partial charge in [-0.3, -0.25) is 4.98 Å². The average molecular weight is 429 g/mol. The molecule has 2 aromatic carbocycles. The van der Waals surface area contributed by atoms with E-state index >= 15 is 0 Å². The molecule has 2 aromatic heterocycles. The Balaban J connectivity index is 1.50. The molecule has 0 amide bonds. The fraction of sp³-hybridized carbons (Fsp3) is 0.308. The van der Waals surface area contributed by atoms with Gasteiger partial charge in [0.05, 0.1) is 25.2 Å². The minimum atomic E-state index is 0.143. The van der Waals surface area contributed by atoms with E-state index in [1.54, 1.807) is 19.5 Å². The van der Waals surface area contributed by atoms with Crippen molar-refractivity contribution in [3.05, 3.63) is 60.0 Å². The minimum absolute atomic E-state index is 0.143. The first-order valence-corrected chi connectivity index (χ1v) is 11.1. The van der Waals surface area contributed by atoms with Crippen LogP contribution in [-0.4, -0.2) is 41.3 Å². The fourth-order valence-corrected chi connectivity index (χ4v) is 4.58. The third kappa shape index (κ3) is 3.94. The predicted molar refractivity (Wildman–Crippen MR) is 127 cm³/mol. The summed E-state index contributed by atoms with van der Waals surface area (Å²) in [6, 6.07) is 10.8. The Bertz CT molecular complexity index is 1230. The topological polar surface area (TPSA) is 72.1 Å². The molecular weight excluding hydrogens is 400 g/mol. The molecule has 2 N–H and O–H groups in total. The smallest absolute Gasteiger partial charge is 0.233 e. The zero-order valence-electron chi connectivity index (χ0n) is 18.7. The Morgan fingerprint density at radius 1 is 1.03 bits per heavy atom. The first-order chi connectivity index (χ1) is 15.6. The summed E-state index contributed by atoms with van der Waals surface area (Å²) in [5.41, 5.74) is 7.47. The van der Waals surface area contributed by atoms with Crippen molar-refractivity contribution in [1.29, 1.82) is 0 Å². The van der Waals surface area contributed by atoms with Gasteiger partial charge >= 0.3 is 0 Å². The summed E-state index contributed by atoms with van der Waals surface area (Å²) in [7, 11) is 1.72. The van der Waals surface area contributed by atoms with Gasteiger partial charge in [0.25, 0.3) is 0 Å². The van der Waals surface area contributed by atoms with Gasteiger partial charge in [-0.15, -0.1) is 0 Å². The molecule has 164 valence electrons. The molecule has 3 heterocycles. The second-order valence-corrected chi connectivity index (χ2v) is 8.43. The zero-order chi connectivity index (χ0) is 22.1. The zero-order valence-corrected chi connectivity index (χ0v) is 18.7. The lowest BCUT2D eigenvalue weighted by Crippen LogP contribution is -2.37. The van der Waals surface area contributed by atoms with E-state index in [2.05, 4.69) is 59.5 Å². The molecule has 6 heteroatoms. The lowest BCUT2D eigenvalue weighted by Gasteiger charge is -2.23. The molecule has 0 aliphatic carbocycles. The first-order valence-electron chi connectivity index (χ1n) is 11.1. The summed E-state index contributed by atoms with van der Waals surface area (Å²) in [5, 5.41) is 4.48. The van der Waals surface area contributed by atoms with Crippen LogP contribution in [0.2, 0.25) is 0 Å².